The first-order chi connectivity index (χ1) is 9.26. The van der Waals surface area contributed by atoms with Gasteiger partial charge in [-0.2, -0.15) is 5.10 Å². The summed E-state index contributed by atoms with van der Waals surface area (Å²) in [5.41, 5.74) is 1.33. The Labute approximate surface area is 122 Å². The van der Waals surface area contributed by atoms with Crippen LogP contribution in [0.15, 0.2) is 0 Å². The number of rotatable bonds is 8. The number of nitrogens with one attached hydrogen (secondary N) is 1. The molecule has 1 aromatic heterocycles. The molecule has 0 radical (unpaired) electrons. The van der Waals surface area contributed by atoms with E-state index in [-0.39, 0.29) is 0 Å². The first-order valence-electron chi connectivity index (χ1n) is 7.26. The van der Waals surface area contributed by atoms with Gasteiger partial charge >= 0.3 is 0 Å². The van der Waals surface area contributed by atoms with E-state index in [0.717, 1.165) is 30.0 Å². The van der Waals surface area contributed by atoms with E-state index >= 15 is 0 Å². The number of nitrogens with zero attached hydrogens (tertiary/aromatic N) is 2. The van der Waals surface area contributed by atoms with Gasteiger partial charge in [-0.3, -0.25) is 0 Å². The highest BCUT2D eigenvalue weighted by Gasteiger charge is 2.21. The van der Waals surface area contributed by atoms with Gasteiger partial charge < -0.3 is 15.2 Å². The Morgan fingerprint density at radius 3 is 2.65 bits per heavy atom. The van der Waals surface area contributed by atoms with Crippen molar-refractivity contribution in [2.45, 2.75) is 52.7 Å². The zero-order valence-electron chi connectivity index (χ0n) is 13.7. The van der Waals surface area contributed by atoms with Crippen LogP contribution in [0.25, 0.3) is 0 Å². The number of hydrogen-bond donors (Lipinski definition) is 2. The molecule has 0 aliphatic heterocycles. The number of aryl methyl sites for hydroxylation is 2. The molecule has 1 aromatic rings. The van der Waals surface area contributed by atoms with Gasteiger partial charge in [0.25, 0.3) is 0 Å². The van der Waals surface area contributed by atoms with Crippen molar-refractivity contribution < 1.29 is 9.84 Å². The molecule has 0 amide bonds. The summed E-state index contributed by atoms with van der Waals surface area (Å²) in [6, 6.07) is 0. The third kappa shape index (κ3) is 4.80. The molecule has 0 bridgehead atoms. The van der Waals surface area contributed by atoms with E-state index in [1.54, 1.807) is 11.8 Å². The molecule has 0 aliphatic carbocycles. The largest absolute Gasteiger partial charge is 0.481 e. The second-order valence-corrected chi connectivity index (χ2v) is 6.23. The van der Waals surface area contributed by atoms with Crippen LogP contribution in [0.5, 0.6) is 5.88 Å². The lowest BCUT2D eigenvalue weighted by molar-refractivity contribution is 0.0450. The molecule has 0 saturated carbocycles. The van der Waals surface area contributed by atoms with E-state index in [0.29, 0.717) is 19.0 Å². The zero-order chi connectivity index (χ0) is 15.3. The van der Waals surface area contributed by atoms with Crippen molar-refractivity contribution in [1.29, 1.82) is 0 Å². The van der Waals surface area contributed by atoms with Crippen molar-refractivity contribution in [3.05, 3.63) is 11.3 Å². The molecule has 0 aromatic carbocycles. The topological polar surface area (TPSA) is 59.3 Å². The van der Waals surface area contributed by atoms with E-state index in [2.05, 4.69) is 24.3 Å². The number of aromatic nitrogens is 2. The van der Waals surface area contributed by atoms with Crippen LogP contribution in [0.2, 0.25) is 0 Å². The molecule has 1 heterocycles. The van der Waals surface area contributed by atoms with Gasteiger partial charge in [0, 0.05) is 20.1 Å². The van der Waals surface area contributed by atoms with Gasteiger partial charge in [0.1, 0.15) is 0 Å². The number of hydrogen-bond acceptors (Lipinski definition) is 4. The fraction of sp³-hybridized carbons (Fsp3) is 0.800. The van der Waals surface area contributed by atoms with Crippen molar-refractivity contribution in [1.82, 2.24) is 15.1 Å². The lowest BCUT2D eigenvalue weighted by Gasteiger charge is -2.24. The maximum atomic E-state index is 10.3. The third-order valence-corrected chi connectivity index (χ3v) is 3.55. The minimum absolute atomic E-state index is 0.567. The summed E-state index contributed by atoms with van der Waals surface area (Å²) < 4.78 is 7.10. The Balaban J connectivity index is 2.52. The monoisotopic (exact) mass is 283 g/mol. The summed E-state index contributed by atoms with van der Waals surface area (Å²) in [5, 5.41) is 18.0. The minimum atomic E-state index is -0.673. The van der Waals surface area contributed by atoms with Crippen LogP contribution in [0.1, 0.15) is 44.9 Å². The van der Waals surface area contributed by atoms with E-state index in [1.807, 2.05) is 20.9 Å². The predicted octanol–water partition coefficient (Wildman–Crippen LogP) is 2.01. The molecule has 0 fully saturated rings. The molecular weight excluding hydrogens is 254 g/mol. The lowest BCUT2D eigenvalue weighted by Crippen LogP contribution is -2.37. The van der Waals surface area contributed by atoms with Crippen molar-refractivity contribution in [2.75, 3.05) is 13.7 Å². The van der Waals surface area contributed by atoms with E-state index in [1.165, 1.54) is 0 Å². The predicted molar refractivity (Wildman–Crippen MR) is 80.9 cm³/mol. The van der Waals surface area contributed by atoms with Crippen LogP contribution in [0.4, 0.5) is 0 Å². The van der Waals surface area contributed by atoms with E-state index < -0.39 is 5.60 Å². The van der Waals surface area contributed by atoms with Crippen molar-refractivity contribution in [3.63, 3.8) is 0 Å². The van der Waals surface area contributed by atoms with E-state index in [4.69, 9.17) is 4.74 Å². The highest BCUT2D eigenvalue weighted by atomic mass is 16.5. The first kappa shape index (κ1) is 17.0. The van der Waals surface area contributed by atoms with E-state index in [9.17, 15) is 5.11 Å². The normalized spacial score (nSPS) is 14.6. The fourth-order valence-electron chi connectivity index (χ4n) is 2.28. The Morgan fingerprint density at radius 2 is 2.10 bits per heavy atom. The summed E-state index contributed by atoms with van der Waals surface area (Å²) in [6.45, 7) is 9.42. The number of aliphatic hydroxyl groups is 1. The molecule has 5 nitrogen and oxygen atoms in total. The third-order valence-electron chi connectivity index (χ3n) is 3.55. The Kier molecular flexibility index (Phi) is 6.02. The van der Waals surface area contributed by atoms with Crippen LogP contribution in [0.3, 0.4) is 0 Å². The van der Waals surface area contributed by atoms with Gasteiger partial charge in [0.2, 0.25) is 5.88 Å². The maximum Gasteiger partial charge on any atom is 0.216 e. The summed E-state index contributed by atoms with van der Waals surface area (Å²) in [5.74, 6) is 1.39. The molecule has 1 atom stereocenters. The molecular formula is C15H29N3O2. The van der Waals surface area contributed by atoms with Crippen molar-refractivity contribution >= 4 is 0 Å². The average Bonchev–Trinajstić information content (AvgIpc) is 2.61. The molecule has 20 heavy (non-hydrogen) atoms. The number of ether oxygens (including phenoxy) is 1. The Hall–Kier alpha value is -1.07. The van der Waals surface area contributed by atoms with Crippen LogP contribution in [-0.4, -0.2) is 34.1 Å². The molecule has 5 heteroatoms. The van der Waals surface area contributed by atoms with Crippen LogP contribution >= 0.6 is 0 Å². The molecule has 0 aliphatic rings. The zero-order valence-corrected chi connectivity index (χ0v) is 13.7. The Morgan fingerprint density at radius 1 is 1.45 bits per heavy atom. The second-order valence-electron chi connectivity index (χ2n) is 6.23. The van der Waals surface area contributed by atoms with Gasteiger partial charge in [0.05, 0.1) is 24.0 Å². The highest BCUT2D eigenvalue weighted by molar-refractivity contribution is 5.30. The van der Waals surface area contributed by atoms with Crippen LogP contribution in [0, 0.1) is 12.8 Å². The summed E-state index contributed by atoms with van der Waals surface area (Å²) in [7, 11) is 3.52. The van der Waals surface area contributed by atoms with Crippen molar-refractivity contribution in [2.24, 2.45) is 13.0 Å². The van der Waals surface area contributed by atoms with Crippen molar-refractivity contribution in [3.8, 4) is 5.88 Å². The molecule has 0 saturated heterocycles. The standard InChI is InChI=1S/C15H29N3O2/c1-11(2)7-8-15(4,19)10-16-9-13-12(3)17-18(5)14(13)20-6/h11,16,19H,7-10H2,1-6H3. The lowest BCUT2D eigenvalue weighted by atomic mass is 9.95. The molecule has 0 spiro atoms. The molecule has 116 valence electrons. The smallest absolute Gasteiger partial charge is 0.216 e. The number of methoxy groups -OCH3 is 1. The summed E-state index contributed by atoms with van der Waals surface area (Å²) in [4.78, 5) is 0. The van der Waals surface area contributed by atoms with Gasteiger partial charge in [-0.15, -0.1) is 0 Å². The molecule has 1 unspecified atom stereocenters. The molecule has 2 N–H and O–H groups in total. The fourth-order valence-corrected chi connectivity index (χ4v) is 2.28. The summed E-state index contributed by atoms with van der Waals surface area (Å²) >= 11 is 0. The summed E-state index contributed by atoms with van der Waals surface area (Å²) in [6.07, 6.45) is 1.84. The highest BCUT2D eigenvalue weighted by Crippen LogP contribution is 2.21. The maximum absolute atomic E-state index is 10.3. The van der Waals surface area contributed by atoms with Gasteiger partial charge in [0.15, 0.2) is 0 Å². The second kappa shape index (κ2) is 7.09. The molecule has 1 rings (SSSR count). The quantitative estimate of drug-likeness (QED) is 0.766. The van der Waals surface area contributed by atoms with Gasteiger partial charge in [-0.05, 0) is 32.6 Å². The van der Waals surface area contributed by atoms with Gasteiger partial charge in [-0.25, -0.2) is 4.68 Å². The first-order valence-corrected chi connectivity index (χ1v) is 7.26. The minimum Gasteiger partial charge on any atom is -0.481 e. The van der Waals surface area contributed by atoms with Crippen LogP contribution in [-0.2, 0) is 13.6 Å². The van der Waals surface area contributed by atoms with Crippen LogP contribution < -0.4 is 10.1 Å². The average molecular weight is 283 g/mol. The SMILES string of the molecule is COc1c(CNCC(C)(O)CCC(C)C)c(C)nn1C. The Bertz CT molecular complexity index is 425. The van der Waals surface area contributed by atoms with Gasteiger partial charge in [-0.1, -0.05) is 13.8 Å².